The number of carbonyl (C=O) groups excluding carboxylic acids is 1. The molecule has 0 aliphatic carbocycles. The fourth-order valence-corrected chi connectivity index (χ4v) is 2.09. The lowest BCUT2D eigenvalue weighted by Gasteiger charge is -2.31. The minimum Gasteiger partial charge on any atom is -0.450 e. The van der Waals surface area contributed by atoms with Crippen LogP contribution in [0, 0.1) is 5.92 Å². The average molecular weight is 214 g/mol. The maximum Gasteiger partial charge on any atom is 0.409 e. The van der Waals surface area contributed by atoms with Gasteiger partial charge in [0.25, 0.3) is 0 Å². The summed E-state index contributed by atoms with van der Waals surface area (Å²) in [6, 6.07) is 0.268. The number of ether oxygens (including phenoxy) is 1. The van der Waals surface area contributed by atoms with Gasteiger partial charge < -0.3 is 15.4 Å². The average Bonchev–Trinajstić information content (AvgIpc) is 2.18. The van der Waals surface area contributed by atoms with Crippen LogP contribution in [0.5, 0.6) is 0 Å². The monoisotopic (exact) mass is 214 g/mol. The van der Waals surface area contributed by atoms with Crippen LogP contribution in [0.1, 0.15) is 33.1 Å². The summed E-state index contributed by atoms with van der Waals surface area (Å²) in [6.45, 7) is 5.96. The van der Waals surface area contributed by atoms with Crippen molar-refractivity contribution in [3.8, 4) is 0 Å². The minimum absolute atomic E-state index is 0.170. The molecule has 1 rings (SSSR count). The summed E-state index contributed by atoms with van der Waals surface area (Å²) >= 11 is 0. The molecule has 0 radical (unpaired) electrons. The van der Waals surface area contributed by atoms with Gasteiger partial charge in [0.05, 0.1) is 6.61 Å². The topological polar surface area (TPSA) is 55.6 Å². The van der Waals surface area contributed by atoms with E-state index >= 15 is 0 Å². The maximum absolute atomic E-state index is 11.4. The summed E-state index contributed by atoms with van der Waals surface area (Å²) in [5.74, 6) is 0.677. The molecule has 1 fully saturated rings. The van der Waals surface area contributed by atoms with Gasteiger partial charge in [-0.15, -0.1) is 0 Å². The number of nitrogens with zero attached hydrogens (tertiary/aromatic N) is 1. The van der Waals surface area contributed by atoms with E-state index in [-0.39, 0.29) is 12.1 Å². The van der Waals surface area contributed by atoms with Crippen LogP contribution in [0.4, 0.5) is 4.79 Å². The van der Waals surface area contributed by atoms with Crippen molar-refractivity contribution < 1.29 is 9.53 Å². The largest absolute Gasteiger partial charge is 0.450 e. The lowest BCUT2D eigenvalue weighted by molar-refractivity contribution is 0.0904. The van der Waals surface area contributed by atoms with Gasteiger partial charge in [-0.3, -0.25) is 0 Å². The first-order valence-electron chi connectivity index (χ1n) is 5.80. The summed E-state index contributed by atoms with van der Waals surface area (Å²) in [5, 5.41) is 0. The van der Waals surface area contributed by atoms with Crippen molar-refractivity contribution in [1.29, 1.82) is 0 Å². The van der Waals surface area contributed by atoms with Crippen LogP contribution in [0.25, 0.3) is 0 Å². The third-order valence-corrected chi connectivity index (χ3v) is 2.85. The number of nitrogens with two attached hydrogens (primary N) is 1. The van der Waals surface area contributed by atoms with Crippen molar-refractivity contribution in [3.63, 3.8) is 0 Å². The molecule has 0 bridgehead atoms. The fourth-order valence-electron chi connectivity index (χ4n) is 2.09. The zero-order valence-corrected chi connectivity index (χ0v) is 9.74. The van der Waals surface area contributed by atoms with E-state index in [0.717, 1.165) is 32.4 Å². The van der Waals surface area contributed by atoms with Crippen molar-refractivity contribution >= 4 is 6.09 Å². The van der Waals surface area contributed by atoms with E-state index in [1.54, 1.807) is 4.90 Å². The molecule has 4 heteroatoms. The summed E-state index contributed by atoms with van der Waals surface area (Å²) < 4.78 is 4.96. The second-order valence-electron chi connectivity index (χ2n) is 4.34. The van der Waals surface area contributed by atoms with E-state index in [1.165, 1.54) is 0 Å². The molecule has 2 N–H and O–H groups in total. The van der Waals surface area contributed by atoms with Gasteiger partial charge in [0.1, 0.15) is 0 Å². The van der Waals surface area contributed by atoms with Crippen LogP contribution in [0.3, 0.4) is 0 Å². The van der Waals surface area contributed by atoms with Gasteiger partial charge in [0.15, 0.2) is 0 Å². The zero-order chi connectivity index (χ0) is 11.3. The predicted octanol–water partition coefficient (Wildman–Crippen LogP) is 1.59. The highest BCUT2D eigenvalue weighted by Gasteiger charge is 2.23. The number of rotatable bonds is 3. The Bertz CT molecular complexity index is 199. The highest BCUT2D eigenvalue weighted by Crippen LogP contribution is 2.21. The van der Waals surface area contributed by atoms with Gasteiger partial charge in [-0.05, 0) is 39.0 Å². The predicted molar refractivity (Wildman–Crippen MR) is 59.6 cm³/mol. The summed E-state index contributed by atoms with van der Waals surface area (Å²) in [6.07, 6.45) is 3.01. The van der Waals surface area contributed by atoms with Gasteiger partial charge >= 0.3 is 6.09 Å². The molecule has 0 aromatic carbocycles. The van der Waals surface area contributed by atoms with Crippen LogP contribution < -0.4 is 5.73 Å². The Balaban J connectivity index is 2.26. The van der Waals surface area contributed by atoms with Gasteiger partial charge in [0, 0.05) is 19.1 Å². The first-order chi connectivity index (χ1) is 7.13. The number of carbonyl (C=O) groups is 1. The Kier molecular flexibility index (Phi) is 4.88. The summed E-state index contributed by atoms with van der Waals surface area (Å²) in [7, 11) is 0. The van der Waals surface area contributed by atoms with Gasteiger partial charge in [0.2, 0.25) is 0 Å². The van der Waals surface area contributed by atoms with Crippen LogP contribution in [0.15, 0.2) is 0 Å². The van der Waals surface area contributed by atoms with Gasteiger partial charge in [-0.1, -0.05) is 0 Å². The number of hydrogen-bond acceptors (Lipinski definition) is 3. The van der Waals surface area contributed by atoms with Gasteiger partial charge in [-0.25, -0.2) is 4.79 Å². The van der Waals surface area contributed by atoms with Crippen molar-refractivity contribution in [3.05, 3.63) is 0 Å². The van der Waals surface area contributed by atoms with Crippen LogP contribution in [0.2, 0.25) is 0 Å². The number of hydrogen-bond donors (Lipinski definition) is 1. The second kappa shape index (κ2) is 5.95. The van der Waals surface area contributed by atoms with E-state index in [9.17, 15) is 4.79 Å². The molecular formula is C11H22N2O2. The molecule has 1 saturated heterocycles. The molecule has 15 heavy (non-hydrogen) atoms. The standard InChI is InChI=1S/C11H22N2O2/c1-3-15-11(14)13-6-4-10(5-7-13)8-9(2)12/h9-10H,3-8,12H2,1-2H3/t9-/m1/s1. The first kappa shape index (κ1) is 12.3. The Morgan fingerprint density at radius 1 is 1.53 bits per heavy atom. The van der Waals surface area contributed by atoms with E-state index in [2.05, 4.69) is 0 Å². The van der Waals surface area contributed by atoms with Crippen molar-refractivity contribution in [2.75, 3.05) is 19.7 Å². The lowest BCUT2D eigenvalue weighted by atomic mass is 9.91. The van der Waals surface area contributed by atoms with Crippen LogP contribution in [-0.4, -0.2) is 36.7 Å². The van der Waals surface area contributed by atoms with Crippen molar-refractivity contribution in [2.24, 2.45) is 11.7 Å². The molecule has 88 valence electrons. The van der Waals surface area contributed by atoms with Crippen molar-refractivity contribution in [1.82, 2.24) is 4.90 Å². The molecule has 0 aromatic heterocycles. The summed E-state index contributed by atoms with van der Waals surface area (Å²) in [5.41, 5.74) is 5.76. The fraction of sp³-hybridized carbons (Fsp3) is 0.909. The molecule has 1 heterocycles. The zero-order valence-electron chi connectivity index (χ0n) is 9.74. The minimum atomic E-state index is -0.170. The highest BCUT2D eigenvalue weighted by atomic mass is 16.6. The molecular weight excluding hydrogens is 192 g/mol. The molecule has 0 spiro atoms. The molecule has 0 unspecified atom stereocenters. The first-order valence-corrected chi connectivity index (χ1v) is 5.80. The Morgan fingerprint density at radius 2 is 2.13 bits per heavy atom. The van der Waals surface area contributed by atoms with E-state index in [4.69, 9.17) is 10.5 Å². The lowest BCUT2D eigenvalue weighted by Crippen LogP contribution is -2.39. The van der Waals surface area contributed by atoms with E-state index < -0.39 is 0 Å². The van der Waals surface area contributed by atoms with Crippen LogP contribution in [-0.2, 0) is 4.74 Å². The molecule has 1 aliphatic heterocycles. The Labute approximate surface area is 91.8 Å². The van der Waals surface area contributed by atoms with Crippen molar-refractivity contribution in [2.45, 2.75) is 39.2 Å². The van der Waals surface area contributed by atoms with Gasteiger partial charge in [-0.2, -0.15) is 0 Å². The molecule has 1 amide bonds. The SMILES string of the molecule is CCOC(=O)N1CCC(C[C@@H](C)N)CC1. The Morgan fingerprint density at radius 3 is 2.60 bits per heavy atom. The van der Waals surface area contributed by atoms with E-state index in [0.29, 0.717) is 12.5 Å². The Hall–Kier alpha value is -0.770. The number of likely N-dealkylation sites (tertiary alicyclic amines) is 1. The number of piperidine rings is 1. The number of amides is 1. The molecule has 1 aliphatic rings. The van der Waals surface area contributed by atoms with E-state index in [1.807, 2.05) is 13.8 Å². The highest BCUT2D eigenvalue weighted by molar-refractivity contribution is 5.67. The quantitative estimate of drug-likeness (QED) is 0.776. The van der Waals surface area contributed by atoms with Crippen LogP contribution >= 0.6 is 0 Å². The second-order valence-corrected chi connectivity index (χ2v) is 4.34. The molecule has 0 saturated carbocycles. The molecule has 4 nitrogen and oxygen atoms in total. The molecule has 1 atom stereocenters. The normalized spacial score (nSPS) is 20.1. The smallest absolute Gasteiger partial charge is 0.409 e. The maximum atomic E-state index is 11.4. The third kappa shape index (κ3) is 4.08. The summed E-state index contributed by atoms with van der Waals surface area (Å²) in [4.78, 5) is 13.2. The molecule has 0 aromatic rings. The third-order valence-electron chi connectivity index (χ3n) is 2.85.